The second kappa shape index (κ2) is 4.10. The fourth-order valence-corrected chi connectivity index (χ4v) is 1.55. The van der Waals surface area contributed by atoms with Gasteiger partial charge in [-0.3, -0.25) is 4.57 Å². The molecule has 0 fully saturated rings. The lowest BCUT2D eigenvalue weighted by atomic mass is 10.2. The monoisotopic (exact) mass is 216 g/mol. The van der Waals surface area contributed by atoms with Crippen molar-refractivity contribution in [3.8, 4) is 5.75 Å². The van der Waals surface area contributed by atoms with Crippen molar-refractivity contribution in [1.82, 2.24) is 4.57 Å². The number of carbonyl (C=O) groups excluding carboxylic acids is 1. The van der Waals surface area contributed by atoms with Crippen LogP contribution in [0.3, 0.4) is 0 Å². The zero-order chi connectivity index (χ0) is 11.5. The van der Waals surface area contributed by atoms with Gasteiger partial charge in [0, 0.05) is 17.6 Å². The second-order valence-corrected chi connectivity index (χ2v) is 3.34. The number of aromatic nitrogens is 1. The first-order valence-electron chi connectivity index (χ1n) is 4.87. The number of ether oxygens (including phenoxy) is 1. The summed E-state index contributed by atoms with van der Waals surface area (Å²) in [4.78, 5) is 11.1. The molecule has 0 unspecified atom stereocenters. The fraction of sp³-hybridized carbons (Fsp3) is 0.0833. The van der Waals surface area contributed by atoms with Gasteiger partial charge in [-0.2, -0.15) is 0 Å². The Morgan fingerprint density at radius 2 is 2.31 bits per heavy atom. The Kier molecular flexibility index (Phi) is 2.64. The van der Waals surface area contributed by atoms with Crippen LogP contribution in [0.15, 0.2) is 43.1 Å². The molecule has 2 aromatic rings. The second-order valence-electron chi connectivity index (χ2n) is 3.34. The fourth-order valence-electron chi connectivity index (χ4n) is 1.55. The van der Waals surface area contributed by atoms with Gasteiger partial charge in [0.15, 0.2) is 0 Å². The Labute approximate surface area is 92.9 Å². The van der Waals surface area contributed by atoms with Crippen LogP contribution in [0.5, 0.6) is 5.75 Å². The largest absolute Gasteiger partial charge is 0.489 e. The van der Waals surface area contributed by atoms with Crippen molar-refractivity contribution in [2.24, 2.45) is 5.73 Å². The predicted molar refractivity (Wildman–Crippen MR) is 62.6 cm³/mol. The Balaban J connectivity index is 2.45. The van der Waals surface area contributed by atoms with Crippen LogP contribution >= 0.6 is 0 Å². The maximum absolute atomic E-state index is 11.1. The number of rotatable bonds is 3. The molecule has 0 radical (unpaired) electrons. The summed E-state index contributed by atoms with van der Waals surface area (Å²) in [7, 11) is 0. The van der Waals surface area contributed by atoms with E-state index in [0.29, 0.717) is 12.4 Å². The molecule has 0 aliphatic heterocycles. The number of fused-ring (bicyclic) bond motifs is 1. The van der Waals surface area contributed by atoms with E-state index >= 15 is 0 Å². The van der Waals surface area contributed by atoms with E-state index in [0.717, 1.165) is 10.9 Å². The van der Waals surface area contributed by atoms with Crippen LogP contribution < -0.4 is 10.5 Å². The average Bonchev–Trinajstić information content (AvgIpc) is 2.69. The number of hydrogen-bond acceptors (Lipinski definition) is 2. The van der Waals surface area contributed by atoms with Gasteiger partial charge in [0.2, 0.25) is 0 Å². The minimum Gasteiger partial charge on any atom is -0.489 e. The van der Waals surface area contributed by atoms with Crippen molar-refractivity contribution < 1.29 is 9.53 Å². The smallest absolute Gasteiger partial charge is 0.323 e. The Bertz CT molecular complexity index is 543. The van der Waals surface area contributed by atoms with Crippen LogP contribution in [-0.4, -0.2) is 17.2 Å². The zero-order valence-electron chi connectivity index (χ0n) is 8.72. The molecule has 0 aliphatic carbocycles. The van der Waals surface area contributed by atoms with Gasteiger partial charge in [-0.15, -0.1) is 0 Å². The standard InChI is InChI=1S/C12H12N2O2/c1-2-7-16-10-4-3-9-5-6-14(12(13)15)11(9)8-10/h2-6,8H,1,7H2,(H2,13,15). The molecule has 2 N–H and O–H groups in total. The zero-order valence-corrected chi connectivity index (χ0v) is 8.72. The molecule has 16 heavy (non-hydrogen) atoms. The first-order chi connectivity index (χ1) is 7.72. The molecular formula is C12H12N2O2. The Hall–Kier alpha value is -2.23. The third kappa shape index (κ3) is 1.77. The first kappa shape index (κ1) is 10.3. The van der Waals surface area contributed by atoms with E-state index in [9.17, 15) is 4.79 Å². The van der Waals surface area contributed by atoms with Crippen LogP contribution in [0.2, 0.25) is 0 Å². The van der Waals surface area contributed by atoms with E-state index in [2.05, 4.69) is 6.58 Å². The molecule has 0 atom stereocenters. The lowest BCUT2D eigenvalue weighted by Gasteiger charge is -2.04. The summed E-state index contributed by atoms with van der Waals surface area (Å²) < 4.78 is 6.77. The van der Waals surface area contributed by atoms with Crippen LogP contribution in [0, 0.1) is 0 Å². The minimum absolute atomic E-state index is 0.433. The van der Waals surface area contributed by atoms with Crippen LogP contribution in [0.1, 0.15) is 0 Å². The molecule has 0 saturated heterocycles. The molecule has 4 nitrogen and oxygen atoms in total. The number of amides is 1. The van der Waals surface area contributed by atoms with Crippen LogP contribution in [0.25, 0.3) is 10.9 Å². The molecule has 1 heterocycles. The highest BCUT2D eigenvalue weighted by atomic mass is 16.5. The van der Waals surface area contributed by atoms with E-state index in [1.807, 2.05) is 18.2 Å². The number of nitrogens with two attached hydrogens (primary N) is 1. The quantitative estimate of drug-likeness (QED) is 0.799. The third-order valence-corrected chi connectivity index (χ3v) is 2.27. The molecule has 0 bridgehead atoms. The van der Waals surface area contributed by atoms with Gasteiger partial charge in [-0.1, -0.05) is 12.7 Å². The molecule has 0 aliphatic rings. The Morgan fingerprint density at radius 3 is 3.00 bits per heavy atom. The van der Waals surface area contributed by atoms with Gasteiger partial charge >= 0.3 is 6.03 Å². The summed E-state index contributed by atoms with van der Waals surface area (Å²) in [6.45, 7) is 4.00. The highest BCUT2D eigenvalue weighted by molar-refractivity contribution is 5.91. The molecular weight excluding hydrogens is 204 g/mol. The van der Waals surface area contributed by atoms with Gasteiger partial charge in [-0.05, 0) is 18.2 Å². The topological polar surface area (TPSA) is 57.2 Å². The molecule has 1 aromatic heterocycles. The number of benzene rings is 1. The maximum Gasteiger partial charge on any atom is 0.323 e. The number of hydrogen-bond donors (Lipinski definition) is 1. The van der Waals surface area contributed by atoms with Crippen molar-refractivity contribution in [1.29, 1.82) is 0 Å². The summed E-state index contributed by atoms with van der Waals surface area (Å²) in [6.07, 6.45) is 3.31. The van der Waals surface area contributed by atoms with Crippen LogP contribution in [-0.2, 0) is 0 Å². The molecule has 1 amide bonds. The highest BCUT2D eigenvalue weighted by Gasteiger charge is 2.05. The van der Waals surface area contributed by atoms with E-state index in [4.69, 9.17) is 10.5 Å². The molecule has 4 heteroatoms. The average molecular weight is 216 g/mol. The van der Waals surface area contributed by atoms with E-state index in [1.54, 1.807) is 18.3 Å². The van der Waals surface area contributed by atoms with Crippen molar-refractivity contribution in [2.45, 2.75) is 0 Å². The van der Waals surface area contributed by atoms with Gasteiger partial charge in [0.25, 0.3) is 0 Å². The number of primary amides is 1. The van der Waals surface area contributed by atoms with Crippen molar-refractivity contribution >= 4 is 16.9 Å². The van der Waals surface area contributed by atoms with E-state index < -0.39 is 6.03 Å². The summed E-state index contributed by atoms with van der Waals surface area (Å²) in [6, 6.07) is 6.83. The van der Waals surface area contributed by atoms with Crippen molar-refractivity contribution in [2.75, 3.05) is 6.61 Å². The molecule has 82 valence electrons. The lowest BCUT2D eigenvalue weighted by molar-refractivity contribution is 0.251. The normalized spacial score (nSPS) is 10.2. The lowest BCUT2D eigenvalue weighted by Crippen LogP contribution is -2.18. The first-order valence-corrected chi connectivity index (χ1v) is 4.87. The predicted octanol–water partition coefficient (Wildman–Crippen LogP) is 2.13. The molecule has 2 rings (SSSR count). The summed E-state index contributed by atoms with van der Waals surface area (Å²) in [5, 5.41) is 0.949. The summed E-state index contributed by atoms with van der Waals surface area (Å²) in [5.74, 6) is 0.689. The minimum atomic E-state index is -0.504. The van der Waals surface area contributed by atoms with Crippen molar-refractivity contribution in [3.05, 3.63) is 43.1 Å². The van der Waals surface area contributed by atoms with Gasteiger partial charge < -0.3 is 10.5 Å². The van der Waals surface area contributed by atoms with Crippen molar-refractivity contribution in [3.63, 3.8) is 0 Å². The molecule has 0 spiro atoms. The van der Waals surface area contributed by atoms with Crippen LogP contribution in [0.4, 0.5) is 4.79 Å². The Morgan fingerprint density at radius 1 is 1.50 bits per heavy atom. The SMILES string of the molecule is C=CCOc1ccc2ccn(C(N)=O)c2c1. The number of carbonyl (C=O) groups is 1. The van der Waals surface area contributed by atoms with Gasteiger partial charge in [0.1, 0.15) is 12.4 Å². The molecule has 1 aromatic carbocycles. The highest BCUT2D eigenvalue weighted by Crippen LogP contribution is 2.21. The summed E-state index contributed by atoms with van der Waals surface area (Å²) >= 11 is 0. The van der Waals surface area contributed by atoms with E-state index in [1.165, 1.54) is 4.57 Å². The number of nitrogens with zero attached hydrogens (tertiary/aromatic N) is 1. The van der Waals surface area contributed by atoms with Gasteiger partial charge in [-0.25, -0.2) is 4.79 Å². The summed E-state index contributed by atoms with van der Waals surface area (Å²) in [5.41, 5.74) is 5.99. The third-order valence-electron chi connectivity index (χ3n) is 2.27. The maximum atomic E-state index is 11.1. The molecule has 0 saturated carbocycles. The van der Waals surface area contributed by atoms with Gasteiger partial charge in [0.05, 0.1) is 5.52 Å². The van der Waals surface area contributed by atoms with E-state index in [-0.39, 0.29) is 0 Å².